The molecule has 2 N–H and O–H groups in total. The van der Waals surface area contributed by atoms with Gasteiger partial charge >= 0.3 is 0 Å². The van der Waals surface area contributed by atoms with E-state index in [4.69, 9.17) is 14.2 Å². The molecule has 1 aromatic rings. The van der Waals surface area contributed by atoms with E-state index in [9.17, 15) is 9.59 Å². The van der Waals surface area contributed by atoms with E-state index in [0.717, 1.165) is 0 Å². The first-order valence-corrected chi connectivity index (χ1v) is 8.39. The lowest BCUT2D eigenvalue weighted by Crippen LogP contribution is -2.40. The average Bonchev–Trinajstić information content (AvgIpc) is 3.03. The molecule has 0 bridgehead atoms. The van der Waals surface area contributed by atoms with Crippen LogP contribution in [0, 0.1) is 5.92 Å². The Bertz CT molecular complexity index is 599. The van der Waals surface area contributed by atoms with Crippen molar-refractivity contribution in [1.29, 1.82) is 0 Å². The molecule has 25 heavy (non-hydrogen) atoms. The second-order valence-corrected chi connectivity index (χ2v) is 6.36. The Hall–Kier alpha value is -2.12. The molecule has 2 rings (SSSR count). The maximum absolute atomic E-state index is 12.0. The van der Waals surface area contributed by atoms with Crippen LogP contribution in [0.25, 0.3) is 0 Å². The number of methoxy groups -OCH3 is 1. The van der Waals surface area contributed by atoms with Gasteiger partial charge in [-0.15, -0.1) is 0 Å². The number of hydrogen-bond donors (Lipinski definition) is 2. The van der Waals surface area contributed by atoms with Crippen LogP contribution < -0.4 is 15.4 Å². The third-order valence-corrected chi connectivity index (χ3v) is 4.01. The highest BCUT2D eigenvalue weighted by Gasteiger charge is 2.32. The fourth-order valence-electron chi connectivity index (χ4n) is 2.76. The summed E-state index contributed by atoms with van der Waals surface area (Å²) < 4.78 is 16.2. The standard InChI is InChI=1S/C18H26N2O5/c1-13(10-18(2)24-7-8-25-18)11-19-16(21)12-20-17(22)14-5-4-6-15(9-14)23-3/h4-6,9,13H,7-8,10-12H2,1-3H3,(H,19,21)(H,20,22)/t13-/m1/s1. The van der Waals surface area contributed by atoms with Gasteiger partial charge in [0.05, 0.1) is 26.9 Å². The number of ether oxygens (including phenoxy) is 3. The predicted octanol–water partition coefficient (Wildman–Crippen LogP) is 1.33. The molecule has 1 fully saturated rings. The van der Waals surface area contributed by atoms with Crippen molar-refractivity contribution >= 4 is 11.8 Å². The van der Waals surface area contributed by atoms with Crippen LogP contribution in [0.3, 0.4) is 0 Å². The van der Waals surface area contributed by atoms with Gasteiger partial charge < -0.3 is 24.8 Å². The predicted molar refractivity (Wildman–Crippen MR) is 92.4 cm³/mol. The number of benzene rings is 1. The lowest BCUT2D eigenvalue weighted by Gasteiger charge is -2.26. The molecule has 1 saturated heterocycles. The highest BCUT2D eigenvalue weighted by molar-refractivity contribution is 5.96. The van der Waals surface area contributed by atoms with Crippen molar-refractivity contribution in [3.63, 3.8) is 0 Å². The molecule has 1 aromatic carbocycles. The van der Waals surface area contributed by atoms with Crippen molar-refractivity contribution in [1.82, 2.24) is 10.6 Å². The summed E-state index contributed by atoms with van der Waals surface area (Å²) in [6.07, 6.45) is 0.698. The maximum Gasteiger partial charge on any atom is 0.251 e. The fraction of sp³-hybridized carbons (Fsp3) is 0.556. The van der Waals surface area contributed by atoms with Gasteiger partial charge in [0.15, 0.2) is 5.79 Å². The van der Waals surface area contributed by atoms with Gasteiger partial charge in [0.25, 0.3) is 5.91 Å². The summed E-state index contributed by atoms with van der Waals surface area (Å²) in [5.74, 6) is -0.328. The van der Waals surface area contributed by atoms with Gasteiger partial charge in [-0.2, -0.15) is 0 Å². The van der Waals surface area contributed by atoms with E-state index in [1.54, 1.807) is 24.3 Å². The zero-order chi connectivity index (χ0) is 18.3. The SMILES string of the molecule is COc1cccc(C(=O)NCC(=O)NC[C@H](C)CC2(C)OCCO2)c1. The molecule has 7 nitrogen and oxygen atoms in total. The van der Waals surface area contributed by atoms with Crippen LogP contribution in [0.2, 0.25) is 0 Å². The largest absolute Gasteiger partial charge is 0.497 e. The first kappa shape index (κ1) is 19.2. The Morgan fingerprint density at radius 2 is 2.00 bits per heavy atom. The van der Waals surface area contributed by atoms with E-state index in [0.29, 0.717) is 37.5 Å². The van der Waals surface area contributed by atoms with Crippen LogP contribution in [0.1, 0.15) is 30.6 Å². The van der Waals surface area contributed by atoms with E-state index in [2.05, 4.69) is 10.6 Å². The van der Waals surface area contributed by atoms with Gasteiger partial charge in [0, 0.05) is 18.5 Å². The summed E-state index contributed by atoms with van der Waals surface area (Å²) in [6, 6.07) is 6.77. The zero-order valence-corrected chi connectivity index (χ0v) is 15.0. The lowest BCUT2D eigenvalue weighted by molar-refractivity contribution is -0.154. The second kappa shape index (κ2) is 8.82. The van der Waals surface area contributed by atoms with Gasteiger partial charge in [-0.1, -0.05) is 13.0 Å². The first-order valence-electron chi connectivity index (χ1n) is 8.39. The molecule has 0 aromatic heterocycles. The fourth-order valence-corrected chi connectivity index (χ4v) is 2.76. The minimum atomic E-state index is -0.565. The van der Waals surface area contributed by atoms with E-state index < -0.39 is 5.79 Å². The van der Waals surface area contributed by atoms with Crippen molar-refractivity contribution in [3.05, 3.63) is 29.8 Å². The summed E-state index contributed by atoms with van der Waals surface area (Å²) in [6.45, 7) is 5.55. The Morgan fingerprint density at radius 3 is 2.68 bits per heavy atom. The third kappa shape index (κ3) is 6.03. The molecule has 1 aliphatic rings. The van der Waals surface area contributed by atoms with Crippen LogP contribution in [-0.4, -0.2) is 51.0 Å². The maximum atomic E-state index is 12.0. The molecule has 7 heteroatoms. The molecule has 138 valence electrons. The van der Waals surface area contributed by atoms with E-state index in [1.165, 1.54) is 7.11 Å². The van der Waals surface area contributed by atoms with Crippen molar-refractivity contribution in [2.45, 2.75) is 26.1 Å². The molecule has 1 atom stereocenters. The molecular weight excluding hydrogens is 324 g/mol. The van der Waals surface area contributed by atoms with Crippen LogP contribution in [0.5, 0.6) is 5.75 Å². The highest BCUT2D eigenvalue weighted by Crippen LogP contribution is 2.26. The molecule has 0 radical (unpaired) electrons. The molecule has 0 unspecified atom stereocenters. The zero-order valence-electron chi connectivity index (χ0n) is 15.0. The Labute approximate surface area is 148 Å². The van der Waals surface area contributed by atoms with E-state index in [1.807, 2.05) is 13.8 Å². The number of carbonyl (C=O) groups excluding carboxylic acids is 2. The molecule has 2 amide bonds. The lowest BCUT2D eigenvalue weighted by atomic mass is 10.0. The molecule has 0 saturated carbocycles. The molecule has 0 aliphatic carbocycles. The van der Waals surface area contributed by atoms with E-state index in [-0.39, 0.29) is 24.3 Å². The quantitative estimate of drug-likeness (QED) is 0.739. The summed E-state index contributed by atoms with van der Waals surface area (Å²) >= 11 is 0. The number of carbonyl (C=O) groups is 2. The summed E-state index contributed by atoms with van der Waals surface area (Å²) in [5.41, 5.74) is 0.448. The minimum absolute atomic E-state index is 0.0764. The summed E-state index contributed by atoms with van der Waals surface area (Å²) in [7, 11) is 1.54. The topological polar surface area (TPSA) is 85.9 Å². The molecule has 0 spiro atoms. The minimum Gasteiger partial charge on any atom is -0.497 e. The van der Waals surface area contributed by atoms with Crippen LogP contribution in [0.4, 0.5) is 0 Å². The number of rotatable bonds is 8. The van der Waals surface area contributed by atoms with Crippen molar-refractivity contribution < 1.29 is 23.8 Å². The van der Waals surface area contributed by atoms with Gasteiger partial charge in [0.2, 0.25) is 5.91 Å². The summed E-state index contributed by atoms with van der Waals surface area (Å²) in [5, 5.41) is 5.41. The van der Waals surface area contributed by atoms with Crippen molar-refractivity contribution in [2.24, 2.45) is 5.92 Å². The Balaban J connectivity index is 1.70. The van der Waals surface area contributed by atoms with E-state index >= 15 is 0 Å². The van der Waals surface area contributed by atoms with Gasteiger partial charge in [-0.3, -0.25) is 9.59 Å². The number of nitrogens with one attached hydrogen (secondary N) is 2. The van der Waals surface area contributed by atoms with Crippen molar-refractivity contribution in [3.8, 4) is 5.75 Å². The Morgan fingerprint density at radius 1 is 1.28 bits per heavy atom. The van der Waals surface area contributed by atoms with Gasteiger partial charge in [0.1, 0.15) is 5.75 Å². The van der Waals surface area contributed by atoms with Crippen LogP contribution >= 0.6 is 0 Å². The first-order chi connectivity index (χ1) is 11.9. The van der Waals surface area contributed by atoms with Crippen molar-refractivity contribution in [2.75, 3.05) is 33.4 Å². The Kier molecular flexibility index (Phi) is 6.78. The average molecular weight is 350 g/mol. The van der Waals surface area contributed by atoms with Crippen LogP contribution in [0.15, 0.2) is 24.3 Å². The molecule has 1 aliphatic heterocycles. The van der Waals surface area contributed by atoms with Gasteiger partial charge in [-0.25, -0.2) is 0 Å². The number of hydrogen-bond acceptors (Lipinski definition) is 5. The third-order valence-electron chi connectivity index (χ3n) is 4.01. The smallest absolute Gasteiger partial charge is 0.251 e. The molecule has 1 heterocycles. The second-order valence-electron chi connectivity index (χ2n) is 6.36. The summed E-state index contributed by atoms with van der Waals surface area (Å²) in [4.78, 5) is 24.0. The van der Waals surface area contributed by atoms with Gasteiger partial charge in [-0.05, 0) is 31.0 Å². The normalized spacial score (nSPS) is 16.9. The molecular formula is C18H26N2O5. The number of amides is 2. The van der Waals surface area contributed by atoms with Crippen LogP contribution in [-0.2, 0) is 14.3 Å². The monoisotopic (exact) mass is 350 g/mol. The highest BCUT2D eigenvalue weighted by atomic mass is 16.7.